The highest BCUT2D eigenvalue weighted by Gasteiger charge is 2.26. The van der Waals surface area contributed by atoms with Gasteiger partial charge in [-0.2, -0.15) is 0 Å². The van der Waals surface area contributed by atoms with E-state index >= 15 is 0 Å². The van der Waals surface area contributed by atoms with Crippen molar-refractivity contribution in [1.29, 1.82) is 0 Å². The minimum atomic E-state index is -0.371. The highest BCUT2D eigenvalue weighted by Crippen LogP contribution is 2.49. The standard InChI is InChI=1S/C19H27N3O5/c1-20-19(23)21-14-15(24-2)13-7-11-26-16(13)18(25-3)17(14)27-12-10-22-8-5-4-6-9-22/h7,11H,4-6,8-10,12H2,1-3H3,(H2,20,21,23)/p+1. The average molecular weight is 378 g/mol. The largest absolute Gasteiger partial charge is 0.494 e. The topological polar surface area (TPSA) is 86.4 Å². The summed E-state index contributed by atoms with van der Waals surface area (Å²) in [4.78, 5) is 13.5. The predicted octanol–water partition coefficient (Wildman–Crippen LogP) is 1.65. The van der Waals surface area contributed by atoms with Crippen LogP contribution < -0.4 is 29.7 Å². The number of rotatable bonds is 7. The zero-order valence-electron chi connectivity index (χ0n) is 16.1. The van der Waals surface area contributed by atoms with Crippen LogP contribution in [-0.2, 0) is 0 Å². The van der Waals surface area contributed by atoms with E-state index in [1.54, 1.807) is 33.6 Å². The molecule has 2 aromatic rings. The number of anilines is 1. The molecule has 3 N–H and O–H groups in total. The molecule has 0 unspecified atom stereocenters. The maximum Gasteiger partial charge on any atom is 0.319 e. The molecule has 0 atom stereocenters. The molecule has 0 radical (unpaired) electrons. The van der Waals surface area contributed by atoms with Crippen molar-refractivity contribution in [2.24, 2.45) is 0 Å². The lowest BCUT2D eigenvalue weighted by Gasteiger charge is -2.24. The molecule has 148 valence electrons. The fraction of sp³-hybridized carbons (Fsp3) is 0.526. The summed E-state index contributed by atoms with van der Waals surface area (Å²) in [5.74, 6) is 1.33. The summed E-state index contributed by atoms with van der Waals surface area (Å²) >= 11 is 0. The molecule has 1 aromatic carbocycles. The van der Waals surface area contributed by atoms with Gasteiger partial charge in [0.05, 0.1) is 39.0 Å². The molecule has 0 aliphatic carbocycles. The van der Waals surface area contributed by atoms with Crippen LogP contribution in [0.1, 0.15) is 19.3 Å². The van der Waals surface area contributed by atoms with E-state index in [2.05, 4.69) is 10.6 Å². The Hall–Kier alpha value is -2.61. The van der Waals surface area contributed by atoms with Gasteiger partial charge in [-0.3, -0.25) is 0 Å². The van der Waals surface area contributed by atoms with Gasteiger partial charge < -0.3 is 34.2 Å². The Balaban J connectivity index is 1.93. The highest BCUT2D eigenvalue weighted by atomic mass is 16.5. The van der Waals surface area contributed by atoms with E-state index in [-0.39, 0.29) is 6.03 Å². The first kappa shape index (κ1) is 19.2. The first-order valence-corrected chi connectivity index (χ1v) is 9.29. The summed E-state index contributed by atoms with van der Waals surface area (Å²) in [7, 11) is 4.65. The molecule has 1 aliphatic heterocycles. The third-order valence-corrected chi connectivity index (χ3v) is 4.91. The van der Waals surface area contributed by atoms with E-state index in [4.69, 9.17) is 18.6 Å². The number of furan rings is 1. The van der Waals surface area contributed by atoms with Crippen LogP contribution in [0.25, 0.3) is 11.0 Å². The number of piperidine rings is 1. The molecule has 3 rings (SSSR count). The molecule has 1 aromatic heterocycles. The van der Waals surface area contributed by atoms with Crippen LogP contribution in [0.2, 0.25) is 0 Å². The number of quaternary nitrogens is 1. The normalized spacial score (nSPS) is 14.8. The van der Waals surface area contributed by atoms with E-state index in [1.807, 2.05) is 0 Å². The molecule has 1 fully saturated rings. The van der Waals surface area contributed by atoms with E-state index in [0.29, 0.717) is 40.5 Å². The number of fused-ring (bicyclic) bond motifs is 1. The van der Waals surface area contributed by atoms with Crippen LogP contribution in [0, 0.1) is 0 Å². The van der Waals surface area contributed by atoms with Gasteiger partial charge in [0.15, 0.2) is 17.1 Å². The number of nitrogens with one attached hydrogen (secondary N) is 3. The van der Waals surface area contributed by atoms with Crippen LogP contribution >= 0.6 is 0 Å². The Morgan fingerprint density at radius 1 is 1.15 bits per heavy atom. The average Bonchev–Trinajstić information content (AvgIpc) is 3.18. The van der Waals surface area contributed by atoms with Crippen molar-refractivity contribution in [2.75, 3.05) is 52.8 Å². The van der Waals surface area contributed by atoms with E-state index in [1.165, 1.54) is 37.3 Å². The van der Waals surface area contributed by atoms with Crippen molar-refractivity contribution in [1.82, 2.24) is 5.32 Å². The summed E-state index contributed by atoms with van der Waals surface area (Å²) in [6.45, 7) is 3.74. The maximum absolute atomic E-state index is 12.0. The Kier molecular flexibility index (Phi) is 6.28. The fourth-order valence-electron chi connectivity index (χ4n) is 3.54. The molecule has 2 amide bonds. The molecule has 8 nitrogen and oxygen atoms in total. The van der Waals surface area contributed by atoms with Gasteiger partial charge in [0, 0.05) is 7.05 Å². The third-order valence-electron chi connectivity index (χ3n) is 4.91. The summed E-state index contributed by atoms with van der Waals surface area (Å²) in [5, 5.41) is 6.05. The number of benzene rings is 1. The zero-order chi connectivity index (χ0) is 19.2. The van der Waals surface area contributed by atoms with Gasteiger partial charge in [0.25, 0.3) is 0 Å². The number of urea groups is 1. The minimum absolute atomic E-state index is 0.371. The molecule has 0 saturated carbocycles. The highest BCUT2D eigenvalue weighted by molar-refractivity contribution is 6.03. The molecule has 8 heteroatoms. The van der Waals surface area contributed by atoms with E-state index in [9.17, 15) is 4.79 Å². The minimum Gasteiger partial charge on any atom is -0.494 e. The van der Waals surface area contributed by atoms with Crippen molar-refractivity contribution in [2.45, 2.75) is 19.3 Å². The third kappa shape index (κ3) is 4.05. The number of hydrogen-bond donors (Lipinski definition) is 3. The summed E-state index contributed by atoms with van der Waals surface area (Å²) in [6.07, 6.45) is 5.38. The smallest absolute Gasteiger partial charge is 0.319 e. The number of ether oxygens (including phenoxy) is 3. The number of carbonyl (C=O) groups excluding carboxylic acids is 1. The van der Waals surface area contributed by atoms with Gasteiger partial charge in [-0.25, -0.2) is 4.79 Å². The SMILES string of the molecule is CNC(=O)Nc1c(OCC[NH+]2CCCCC2)c(OC)c2occc2c1OC. The van der Waals surface area contributed by atoms with E-state index in [0.717, 1.165) is 6.54 Å². The molecule has 2 heterocycles. The van der Waals surface area contributed by atoms with Crippen molar-refractivity contribution in [3.8, 4) is 17.2 Å². The van der Waals surface area contributed by atoms with E-state index < -0.39 is 0 Å². The molecular formula is C19H28N3O5+. The number of hydrogen-bond acceptors (Lipinski definition) is 5. The van der Waals surface area contributed by atoms with Gasteiger partial charge in [0.1, 0.15) is 18.8 Å². The Bertz CT molecular complexity index is 783. The number of likely N-dealkylation sites (tertiary alicyclic amines) is 1. The summed E-state index contributed by atoms with van der Waals surface area (Å²) in [5.41, 5.74) is 0.952. The fourth-order valence-corrected chi connectivity index (χ4v) is 3.54. The molecule has 1 aliphatic rings. The second-order valence-corrected chi connectivity index (χ2v) is 6.55. The second-order valence-electron chi connectivity index (χ2n) is 6.55. The maximum atomic E-state index is 12.0. The molecule has 27 heavy (non-hydrogen) atoms. The van der Waals surface area contributed by atoms with Gasteiger partial charge >= 0.3 is 6.03 Å². The van der Waals surface area contributed by atoms with Crippen LogP contribution in [0.3, 0.4) is 0 Å². The monoisotopic (exact) mass is 378 g/mol. The lowest BCUT2D eigenvalue weighted by atomic mass is 10.1. The zero-order valence-corrected chi connectivity index (χ0v) is 16.1. The second kappa shape index (κ2) is 8.85. The Labute approximate surface area is 158 Å². The van der Waals surface area contributed by atoms with Crippen molar-refractivity contribution in [3.05, 3.63) is 12.3 Å². The number of methoxy groups -OCH3 is 2. The summed E-state index contributed by atoms with van der Waals surface area (Å²) < 4.78 is 22.8. The van der Waals surface area contributed by atoms with Crippen molar-refractivity contribution in [3.63, 3.8) is 0 Å². The van der Waals surface area contributed by atoms with Crippen LogP contribution in [-0.4, -0.2) is 53.5 Å². The lowest BCUT2D eigenvalue weighted by molar-refractivity contribution is -0.904. The van der Waals surface area contributed by atoms with Crippen LogP contribution in [0.15, 0.2) is 16.7 Å². The predicted molar refractivity (Wildman–Crippen MR) is 102 cm³/mol. The van der Waals surface area contributed by atoms with Gasteiger partial charge in [-0.1, -0.05) is 0 Å². The quantitative estimate of drug-likeness (QED) is 0.682. The number of amides is 2. The van der Waals surface area contributed by atoms with Gasteiger partial charge in [-0.15, -0.1) is 0 Å². The molecule has 0 bridgehead atoms. The van der Waals surface area contributed by atoms with Gasteiger partial charge in [0.2, 0.25) is 5.75 Å². The Morgan fingerprint density at radius 3 is 2.56 bits per heavy atom. The first-order chi connectivity index (χ1) is 13.2. The Morgan fingerprint density at radius 2 is 1.89 bits per heavy atom. The van der Waals surface area contributed by atoms with Crippen molar-refractivity contribution >= 4 is 22.7 Å². The van der Waals surface area contributed by atoms with Crippen molar-refractivity contribution < 1.29 is 28.3 Å². The van der Waals surface area contributed by atoms with Crippen LogP contribution in [0.4, 0.5) is 10.5 Å². The summed E-state index contributed by atoms with van der Waals surface area (Å²) in [6, 6.07) is 1.40. The van der Waals surface area contributed by atoms with Gasteiger partial charge in [-0.05, 0) is 25.3 Å². The first-order valence-electron chi connectivity index (χ1n) is 9.29. The lowest BCUT2D eigenvalue weighted by Crippen LogP contribution is -3.13. The number of carbonyl (C=O) groups is 1. The molecule has 0 spiro atoms. The molecule has 1 saturated heterocycles. The van der Waals surface area contributed by atoms with Crippen LogP contribution in [0.5, 0.6) is 17.2 Å². The molecular weight excluding hydrogens is 350 g/mol.